The molecule has 5 heteroatoms. The van der Waals surface area contributed by atoms with Crippen LogP contribution >= 0.6 is 6.89 Å². The fourth-order valence-electron chi connectivity index (χ4n) is 2.43. The van der Waals surface area contributed by atoms with Crippen LogP contribution in [0.25, 0.3) is 0 Å². The number of rotatable bonds is 8. The van der Waals surface area contributed by atoms with E-state index in [1.807, 2.05) is 33.6 Å². The van der Waals surface area contributed by atoms with Crippen molar-refractivity contribution < 1.29 is 19.2 Å². The highest BCUT2D eigenvalue weighted by Gasteiger charge is 2.31. The van der Waals surface area contributed by atoms with Gasteiger partial charge in [0, 0.05) is 19.0 Å². The summed E-state index contributed by atoms with van der Waals surface area (Å²) < 4.78 is 0. The number of allylic oxidation sites excluding steroid dienone is 3. The van der Waals surface area contributed by atoms with E-state index < -0.39 is 12.8 Å². The first-order valence-corrected chi connectivity index (χ1v) is 8.96. The molecule has 0 fully saturated rings. The molecule has 0 aliphatic heterocycles. The summed E-state index contributed by atoms with van der Waals surface area (Å²) in [6, 6.07) is 0. The number of carbonyl (C=O) groups excluding carboxylic acids is 4. The van der Waals surface area contributed by atoms with Crippen LogP contribution in [0.15, 0.2) is 17.5 Å². The first-order chi connectivity index (χ1) is 9.86. The third-order valence-corrected chi connectivity index (χ3v) is 7.27. The standard InChI is InChI=1S/C16H21O4P/c1-13(2)10-21(12-20,11-14(3)4)16(9-19)15(5-7-17)6-8-18/h5-6,13-15H,10-11H2,1-4H3. The minimum atomic E-state index is -2.55. The lowest BCUT2D eigenvalue weighted by molar-refractivity contribution is 0.563. The SMILES string of the molecule is CC(C)CP(=C=O)(CC(C)C)C(=C=O)C(C=C=O)C=C=O. The normalized spacial score (nSPS) is 11.9. The first kappa shape index (κ1) is 19.4. The van der Waals surface area contributed by atoms with Crippen LogP contribution in [-0.2, 0) is 19.2 Å². The van der Waals surface area contributed by atoms with Crippen LogP contribution in [0.4, 0.5) is 0 Å². The van der Waals surface area contributed by atoms with Crippen LogP contribution in [0.3, 0.4) is 0 Å². The molecule has 0 unspecified atom stereocenters. The van der Waals surface area contributed by atoms with Gasteiger partial charge < -0.3 is 0 Å². The van der Waals surface area contributed by atoms with E-state index in [1.165, 1.54) is 0 Å². The van der Waals surface area contributed by atoms with Crippen molar-refractivity contribution in [1.29, 1.82) is 0 Å². The van der Waals surface area contributed by atoms with Gasteiger partial charge in [-0.1, -0.05) is 27.7 Å². The Labute approximate surface area is 125 Å². The van der Waals surface area contributed by atoms with E-state index in [0.29, 0.717) is 12.3 Å². The molecule has 0 rings (SSSR count). The molecule has 0 heterocycles. The lowest BCUT2D eigenvalue weighted by atomic mass is 10.1. The highest BCUT2D eigenvalue weighted by molar-refractivity contribution is 7.78. The summed E-state index contributed by atoms with van der Waals surface area (Å²) in [6.07, 6.45) is 3.13. The van der Waals surface area contributed by atoms with Crippen molar-refractivity contribution >= 4 is 30.4 Å². The molecule has 0 saturated carbocycles. The molecule has 0 bridgehead atoms. The summed E-state index contributed by atoms with van der Waals surface area (Å²) in [5, 5.41) is 0.159. The van der Waals surface area contributed by atoms with Gasteiger partial charge in [0.2, 0.25) is 0 Å². The van der Waals surface area contributed by atoms with Crippen LogP contribution in [0.2, 0.25) is 0 Å². The van der Waals surface area contributed by atoms with E-state index in [-0.39, 0.29) is 17.2 Å². The van der Waals surface area contributed by atoms with E-state index in [9.17, 15) is 19.2 Å². The summed E-state index contributed by atoms with van der Waals surface area (Å²) in [6.45, 7) is 5.27. The molecule has 0 N–H and O–H groups in total. The van der Waals surface area contributed by atoms with Crippen LogP contribution in [0, 0.1) is 17.8 Å². The largest absolute Gasteiger partial charge is 0.234 e. The molecule has 114 valence electrons. The molecular weight excluding hydrogens is 287 g/mol. The van der Waals surface area contributed by atoms with Gasteiger partial charge in [-0.3, -0.25) is 0 Å². The summed E-state index contributed by atoms with van der Waals surface area (Å²) >= 11 is 0. The van der Waals surface area contributed by atoms with Crippen molar-refractivity contribution in [2.24, 2.45) is 17.8 Å². The van der Waals surface area contributed by atoms with Crippen molar-refractivity contribution in [3.05, 3.63) is 17.5 Å². The van der Waals surface area contributed by atoms with Gasteiger partial charge in [-0.05, 0) is 24.2 Å². The fourth-order valence-corrected chi connectivity index (χ4v) is 6.61. The Bertz CT molecular complexity index is 545. The maximum atomic E-state index is 11.7. The monoisotopic (exact) mass is 308 g/mol. The molecule has 0 aliphatic carbocycles. The average molecular weight is 308 g/mol. The van der Waals surface area contributed by atoms with Crippen molar-refractivity contribution in [2.45, 2.75) is 27.7 Å². The molecule has 0 saturated heterocycles. The molecule has 0 atom stereocenters. The molecule has 4 nitrogen and oxygen atoms in total. The van der Waals surface area contributed by atoms with Gasteiger partial charge in [0.15, 0.2) is 0 Å². The highest BCUT2D eigenvalue weighted by Crippen LogP contribution is 2.58. The number of hydrogen-bond donors (Lipinski definition) is 0. The topological polar surface area (TPSA) is 68.3 Å². The van der Waals surface area contributed by atoms with Gasteiger partial charge in [0.1, 0.15) is 23.5 Å². The van der Waals surface area contributed by atoms with E-state index in [2.05, 4.69) is 5.66 Å². The summed E-state index contributed by atoms with van der Waals surface area (Å²) in [5.41, 5.74) is 2.09. The van der Waals surface area contributed by atoms with Gasteiger partial charge >= 0.3 is 0 Å². The van der Waals surface area contributed by atoms with Crippen molar-refractivity contribution in [3.8, 4) is 0 Å². The predicted molar refractivity (Wildman–Crippen MR) is 85.2 cm³/mol. The van der Waals surface area contributed by atoms with E-state index in [1.54, 1.807) is 11.9 Å². The highest BCUT2D eigenvalue weighted by atomic mass is 31.2. The maximum Gasteiger partial charge on any atom is 0.130 e. The third kappa shape index (κ3) is 5.70. The molecule has 0 aromatic carbocycles. The fraction of sp³-hybridized carbons (Fsp3) is 0.562. The molecule has 0 spiro atoms. The van der Waals surface area contributed by atoms with Gasteiger partial charge in [0.05, 0.1) is 11.2 Å². The average Bonchev–Trinajstić information content (AvgIpc) is 2.38. The zero-order valence-electron chi connectivity index (χ0n) is 12.9. The molecule has 0 aromatic heterocycles. The molecular formula is C16H21O4P. The molecule has 21 heavy (non-hydrogen) atoms. The molecule has 0 aliphatic rings. The Morgan fingerprint density at radius 3 is 1.57 bits per heavy atom. The van der Waals surface area contributed by atoms with Gasteiger partial charge in [-0.2, -0.15) is 0 Å². The molecule has 0 amide bonds. The van der Waals surface area contributed by atoms with E-state index in [0.717, 1.165) is 12.2 Å². The van der Waals surface area contributed by atoms with Crippen LogP contribution in [0.5, 0.6) is 0 Å². The van der Waals surface area contributed by atoms with Crippen LogP contribution < -0.4 is 0 Å². The Morgan fingerprint density at radius 2 is 1.33 bits per heavy atom. The zero-order chi connectivity index (χ0) is 16.5. The minimum Gasteiger partial charge on any atom is -0.234 e. The second-order valence-electron chi connectivity index (χ2n) is 5.79. The smallest absolute Gasteiger partial charge is 0.130 e. The van der Waals surface area contributed by atoms with Gasteiger partial charge in [-0.25, -0.2) is 19.2 Å². The second kappa shape index (κ2) is 9.32. The Kier molecular flexibility index (Phi) is 8.60. The van der Waals surface area contributed by atoms with Crippen LogP contribution in [-0.4, -0.2) is 35.8 Å². The summed E-state index contributed by atoms with van der Waals surface area (Å²) in [4.78, 5) is 44.4. The van der Waals surface area contributed by atoms with Crippen molar-refractivity contribution in [1.82, 2.24) is 0 Å². The number of hydrogen-bond acceptors (Lipinski definition) is 4. The molecule has 0 radical (unpaired) electrons. The van der Waals surface area contributed by atoms with Crippen LogP contribution in [0.1, 0.15) is 27.7 Å². The first-order valence-electron chi connectivity index (χ1n) is 6.80. The minimum absolute atomic E-state index is 0.159. The van der Waals surface area contributed by atoms with Crippen molar-refractivity contribution in [3.63, 3.8) is 0 Å². The zero-order valence-corrected chi connectivity index (χ0v) is 13.8. The van der Waals surface area contributed by atoms with E-state index in [4.69, 9.17) is 0 Å². The van der Waals surface area contributed by atoms with E-state index >= 15 is 0 Å². The predicted octanol–water partition coefficient (Wildman–Crippen LogP) is 2.49. The molecule has 0 aromatic rings. The second-order valence-corrected chi connectivity index (χ2v) is 9.12. The lowest BCUT2D eigenvalue weighted by Crippen LogP contribution is -2.13. The van der Waals surface area contributed by atoms with Gasteiger partial charge in [0.25, 0.3) is 0 Å². The van der Waals surface area contributed by atoms with Crippen molar-refractivity contribution in [2.75, 3.05) is 12.3 Å². The Balaban J connectivity index is 6.21. The lowest BCUT2D eigenvalue weighted by Gasteiger charge is -2.27. The quantitative estimate of drug-likeness (QED) is 0.510. The van der Waals surface area contributed by atoms with Gasteiger partial charge in [-0.15, -0.1) is 0 Å². The Hall–Kier alpha value is -1.64. The third-order valence-electron chi connectivity index (χ3n) is 2.91. The summed E-state index contributed by atoms with van der Waals surface area (Å²) in [5.74, 6) is 4.45. The summed E-state index contributed by atoms with van der Waals surface area (Å²) in [7, 11) is 0. The Morgan fingerprint density at radius 1 is 0.905 bits per heavy atom. The maximum absolute atomic E-state index is 11.7.